The third-order valence-corrected chi connectivity index (χ3v) is 3.78. The van der Waals surface area contributed by atoms with Crippen LogP contribution in [0, 0.1) is 27.7 Å². The Bertz CT molecular complexity index is 359. The Morgan fingerprint density at radius 2 is 1.62 bits per heavy atom. The minimum Gasteiger partial charge on any atom is -0.103 e. The molecule has 0 N–H and O–H groups in total. The largest absolute Gasteiger partial charge is 0.103 e. The Morgan fingerprint density at radius 1 is 1.12 bits per heavy atom. The zero-order valence-corrected chi connectivity index (χ0v) is 11.4. The maximum absolute atomic E-state index is 3.88. The molecule has 1 aromatic carbocycles. The lowest BCUT2D eigenvalue weighted by Gasteiger charge is -2.22. The van der Waals surface area contributed by atoms with Crippen LogP contribution in [0.1, 0.15) is 53.5 Å². The SMILES string of the molecule is C=CCC(CC)c1c(C)c(C)cc(C)c1C. The minimum atomic E-state index is 0.635. The molecule has 1 rings (SSSR count). The predicted octanol–water partition coefficient (Wildman–Crippen LogP) is 4.99. The van der Waals surface area contributed by atoms with Gasteiger partial charge in [-0.15, -0.1) is 6.58 Å². The summed E-state index contributed by atoms with van der Waals surface area (Å²) >= 11 is 0. The van der Waals surface area contributed by atoms with Crippen LogP contribution in [-0.2, 0) is 0 Å². The van der Waals surface area contributed by atoms with Gasteiger partial charge in [0.25, 0.3) is 0 Å². The van der Waals surface area contributed by atoms with Crippen molar-refractivity contribution in [3.05, 3.63) is 46.5 Å². The maximum Gasteiger partial charge on any atom is -0.0125 e. The molecule has 1 atom stereocenters. The highest BCUT2D eigenvalue weighted by atomic mass is 14.2. The second kappa shape index (κ2) is 5.34. The minimum absolute atomic E-state index is 0.635. The van der Waals surface area contributed by atoms with E-state index in [4.69, 9.17) is 0 Å². The fraction of sp³-hybridized carbons (Fsp3) is 0.500. The van der Waals surface area contributed by atoms with Crippen molar-refractivity contribution in [1.29, 1.82) is 0 Å². The Morgan fingerprint density at radius 3 is 2.00 bits per heavy atom. The molecule has 0 nitrogen and oxygen atoms in total. The van der Waals surface area contributed by atoms with Crippen molar-refractivity contribution >= 4 is 0 Å². The molecule has 16 heavy (non-hydrogen) atoms. The first-order valence-electron chi connectivity index (χ1n) is 6.21. The van der Waals surface area contributed by atoms with Gasteiger partial charge >= 0.3 is 0 Å². The Kier molecular flexibility index (Phi) is 4.35. The van der Waals surface area contributed by atoms with E-state index in [-0.39, 0.29) is 0 Å². The molecule has 0 saturated carbocycles. The number of hydrogen-bond acceptors (Lipinski definition) is 0. The third-order valence-electron chi connectivity index (χ3n) is 3.78. The lowest BCUT2D eigenvalue weighted by molar-refractivity contribution is 0.664. The summed E-state index contributed by atoms with van der Waals surface area (Å²) in [5.41, 5.74) is 7.33. The van der Waals surface area contributed by atoms with Gasteiger partial charge in [-0.3, -0.25) is 0 Å². The fourth-order valence-electron chi connectivity index (χ4n) is 2.55. The third kappa shape index (κ3) is 2.37. The second-order valence-corrected chi connectivity index (χ2v) is 4.80. The van der Waals surface area contributed by atoms with Crippen LogP contribution in [0.4, 0.5) is 0 Å². The maximum atomic E-state index is 3.88. The Balaban J connectivity index is 3.34. The number of aryl methyl sites for hydroxylation is 2. The molecule has 0 heteroatoms. The van der Waals surface area contributed by atoms with E-state index >= 15 is 0 Å². The lowest BCUT2D eigenvalue weighted by atomic mass is 9.83. The van der Waals surface area contributed by atoms with E-state index in [1.165, 1.54) is 28.7 Å². The van der Waals surface area contributed by atoms with E-state index in [1.807, 2.05) is 6.08 Å². The van der Waals surface area contributed by atoms with Gasteiger partial charge in [0.1, 0.15) is 0 Å². The molecule has 0 spiro atoms. The van der Waals surface area contributed by atoms with E-state index in [2.05, 4.69) is 47.3 Å². The summed E-state index contributed by atoms with van der Waals surface area (Å²) in [7, 11) is 0. The molecule has 88 valence electrons. The van der Waals surface area contributed by atoms with E-state index in [0.29, 0.717) is 5.92 Å². The number of benzene rings is 1. The van der Waals surface area contributed by atoms with Crippen LogP contribution in [0.15, 0.2) is 18.7 Å². The molecule has 0 saturated heterocycles. The van der Waals surface area contributed by atoms with Crippen LogP contribution in [0.5, 0.6) is 0 Å². The summed E-state index contributed by atoms with van der Waals surface area (Å²) in [5.74, 6) is 0.635. The lowest BCUT2D eigenvalue weighted by Crippen LogP contribution is -2.05. The summed E-state index contributed by atoms with van der Waals surface area (Å²) in [4.78, 5) is 0. The molecule has 0 aliphatic carbocycles. The summed E-state index contributed by atoms with van der Waals surface area (Å²) in [6.07, 6.45) is 4.32. The van der Waals surface area contributed by atoms with E-state index in [9.17, 15) is 0 Å². The first-order valence-corrected chi connectivity index (χ1v) is 6.21. The first kappa shape index (κ1) is 13.0. The molecule has 0 radical (unpaired) electrons. The summed E-state index contributed by atoms with van der Waals surface area (Å²) in [6, 6.07) is 2.30. The van der Waals surface area contributed by atoms with Gasteiger partial charge in [0.15, 0.2) is 0 Å². The molecule has 1 unspecified atom stereocenters. The van der Waals surface area contributed by atoms with E-state index in [0.717, 1.165) is 6.42 Å². The zero-order valence-electron chi connectivity index (χ0n) is 11.4. The molecule has 0 fully saturated rings. The summed E-state index contributed by atoms with van der Waals surface area (Å²) < 4.78 is 0. The van der Waals surface area contributed by atoms with Crippen molar-refractivity contribution in [3.8, 4) is 0 Å². The van der Waals surface area contributed by atoms with Gasteiger partial charge in [-0.1, -0.05) is 19.1 Å². The monoisotopic (exact) mass is 216 g/mol. The van der Waals surface area contributed by atoms with Gasteiger partial charge < -0.3 is 0 Å². The first-order chi connectivity index (χ1) is 7.52. The van der Waals surface area contributed by atoms with Crippen LogP contribution < -0.4 is 0 Å². The quantitative estimate of drug-likeness (QED) is 0.622. The van der Waals surface area contributed by atoms with Crippen molar-refractivity contribution in [1.82, 2.24) is 0 Å². The molecule has 0 aliphatic heterocycles. The number of allylic oxidation sites excluding steroid dienone is 1. The zero-order chi connectivity index (χ0) is 12.3. The van der Waals surface area contributed by atoms with Gasteiger partial charge in [0, 0.05) is 0 Å². The molecular weight excluding hydrogens is 192 g/mol. The van der Waals surface area contributed by atoms with Crippen LogP contribution in [0.2, 0.25) is 0 Å². The molecular formula is C16H24. The Labute approximate surface area is 100 Å². The number of rotatable bonds is 4. The molecule has 1 aromatic rings. The van der Waals surface area contributed by atoms with Crippen LogP contribution in [0.25, 0.3) is 0 Å². The molecule has 0 aromatic heterocycles. The molecule has 0 heterocycles. The standard InChI is InChI=1S/C16H24/c1-7-9-15(8-2)16-13(5)11(3)10-12(4)14(16)6/h7,10,15H,1,8-9H2,2-6H3. The molecule has 0 aliphatic rings. The highest BCUT2D eigenvalue weighted by Gasteiger charge is 2.15. The van der Waals surface area contributed by atoms with E-state index in [1.54, 1.807) is 5.56 Å². The summed E-state index contributed by atoms with van der Waals surface area (Å²) in [5, 5.41) is 0. The van der Waals surface area contributed by atoms with Crippen LogP contribution in [-0.4, -0.2) is 0 Å². The smallest absolute Gasteiger partial charge is 0.0125 e. The second-order valence-electron chi connectivity index (χ2n) is 4.80. The molecule has 0 amide bonds. The van der Waals surface area contributed by atoms with Gasteiger partial charge in [-0.2, -0.15) is 0 Å². The van der Waals surface area contributed by atoms with Crippen LogP contribution >= 0.6 is 0 Å². The fourth-order valence-corrected chi connectivity index (χ4v) is 2.55. The van der Waals surface area contributed by atoms with Crippen molar-refractivity contribution in [2.24, 2.45) is 0 Å². The van der Waals surface area contributed by atoms with Crippen LogP contribution in [0.3, 0.4) is 0 Å². The number of hydrogen-bond donors (Lipinski definition) is 0. The van der Waals surface area contributed by atoms with Crippen molar-refractivity contribution < 1.29 is 0 Å². The average molecular weight is 216 g/mol. The van der Waals surface area contributed by atoms with Crippen molar-refractivity contribution in [2.75, 3.05) is 0 Å². The van der Waals surface area contributed by atoms with Gasteiger partial charge in [-0.05, 0) is 74.3 Å². The Hall–Kier alpha value is -1.04. The van der Waals surface area contributed by atoms with Crippen molar-refractivity contribution in [3.63, 3.8) is 0 Å². The van der Waals surface area contributed by atoms with E-state index < -0.39 is 0 Å². The van der Waals surface area contributed by atoms with Gasteiger partial charge in [0.2, 0.25) is 0 Å². The normalized spacial score (nSPS) is 12.6. The van der Waals surface area contributed by atoms with Gasteiger partial charge in [0.05, 0.1) is 0 Å². The summed E-state index contributed by atoms with van der Waals surface area (Å²) in [6.45, 7) is 15.1. The highest BCUT2D eigenvalue weighted by Crippen LogP contribution is 2.32. The average Bonchev–Trinajstić information content (AvgIpc) is 2.25. The van der Waals surface area contributed by atoms with Gasteiger partial charge in [-0.25, -0.2) is 0 Å². The predicted molar refractivity (Wildman–Crippen MR) is 73.2 cm³/mol. The topological polar surface area (TPSA) is 0 Å². The molecule has 0 bridgehead atoms. The van der Waals surface area contributed by atoms with Crippen molar-refractivity contribution in [2.45, 2.75) is 53.4 Å². The highest BCUT2D eigenvalue weighted by molar-refractivity contribution is 5.46.